The molecule has 794 valence electrons. The Balaban J connectivity index is 0.606. The van der Waals surface area contributed by atoms with Crippen molar-refractivity contribution < 1.29 is 130 Å². The number of nitrogens with zero attached hydrogens (tertiary/aromatic N) is 13. The summed E-state index contributed by atoms with van der Waals surface area (Å²) in [6.45, 7) is -29.9. The number of aromatic amines is 5. The maximum absolute atomic E-state index is 14.9. The highest BCUT2D eigenvalue weighted by Gasteiger charge is 2.50. The van der Waals surface area contributed by atoms with Gasteiger partial charge < -0.3 is 140 Å². The lowest BCUT2D eigenvalue weighted by atomic mass is 10.2. The highest BCUT2D eigenvalue weighted by molar-refractivity contribution is 8.44. The zero-order chi connectivity index (χ0) is 105. The largest absolute Gasteiger partial charge is 0.780 e. The summed E-state index contributed by atoms with van der Waals surface area (Å²) < 4.78 is 147. The van der Waals surface area contributed by atoms with E-state index in [1.807, 2.05) is 0 Å². The fourth-order valence-electron chi connectivity index (χ4n) is 16.6. The maximum atomic E-state index is 14.9. The first kappa shape index (κ1) is 111. The van der Waals surface area contributed by atoms with Crippen LogP contribution >= 0.6 is 59.4 Å². The molecule has 14 N–H and O–H groups in total. The van der Waals surface area contributed by atoms with Gasteiger partial charge in [0, 0.05) is 111 Å². The molecular weight excluding hydrogens is 2210 g/mol. The fraction of sp³-hybridized carbons (Fsp3) is 0.577. The molecule has 7 aliphatic rings. The van der Waals surface area contributed by atoms with E-state index in [2.05, 4.69) is 67.1 Å². The molecule has 145 heavy (non-hydrogen) atoms. The van der Waals surface area contributed by atoms with Gasteiger partial charge in [-0.25, -0.2) is 38.5 Å². The SMILES string of the molecule is COP([O-])(=S)OC1C[C@H](n2cnc3c(=O)[nH]c(N)nc32)O[C@@H]1COP([O-])(=S)OC1C[C@H](n2cnc3c(=O)[nH]c(N)nc32)O[C@@H]1COP(O)(=S)OC1C[C@H](n2cc(C)c(=O)[nH]c2=O)O[C@@H]1COP([O-])(=S)OC1C[C@H](n2cc(C)c(=O)[nH]c2=O)O[C@@H]1COP([O-])(=S)OC1C[C@H](n2cc(C)c(N)nc2=O)O[C@@H]1COP(=O)(S)OC1C[C@H](n2cc(C)c(=O)[nH]c2=O)O[C@@H]1COP([O-])(=S)OC1C[C@H](n2cc(C)c(N)nc2=O)O[C@@H]1C. The highest BCUT2D eigenvalue weighted by Crippen LogP contribution is 2.59. The van der Waals surface area contributed by atoms with Gasteiger partial charge >= 0.3 is 42.0 Å². The lowest BCUT2D eigenvalue weighted by molar-refractivity contribution is -0.220. The first-order valence-corrected chi connectivity index (χ1v) is 61.2. The number of hydrogen-bond acceptors (Lipinski definition) is 53. The number of nitrogens with two attached hydrogens (primary N) is 4. The van der Waals surface area contributed by atoms with Crippen molar-refractivity contribution in [3.63, 3.8) is 0 Å². The van der Waals surface area contributed by atoms with Gasteiger partial charge in [-0.2, -0.15) is 19.9 Å². The van der Waals surface area contributed by atoms with E-state index >= 15 is 0 Å². The van der Waals surface area contributed by atoms with Crippen molar-refractivity contribution >= 4 is 176 Å². The second-order valence-electron chi connectivity index (χ2n) is 33.8. The summed E-state index contributed by atoms with van der Waals surface area (Å²) >= 11 is 36.7. The van der Waals surface area contributed by atoms with Gasteiger partial charge in [0.1, 0.15) is 132 Å². The van der Waals surface area contributed by atoms with E-state index in [1.54, 1.807) is 13.8 Å². The lowest BCUT2D eigenvalue weighted by Gasteiger charge is -2.35. The van der Waals surface area contributed by atoms with E-state index in [0.29, 0.717) is 5.56 Å². The van der Waals surface area contributed by atoms with Crippen LogP contribution in [-0.4, -0.2) is 224 Å². The van der Waals surface area contributed by atoms with Gasteiger partial charge in [0.25, 0.3) is 27.8 Å². The molecule has 7 aliphatic heterocycles. The average molecular weight is 2300 g/mol. The average Bonchev–Trinajstić information content (AvgIpc) is 1.62. The number of imidazole rings is 2. The number of H-pyrrole nitrogens is 5. The topological polar surface area (TPSA) is 812 Å². The van der Waals surface area contributed by atoms with Gasteiger partial charge in [-0.3, -0.25) is 89.9 Å². The maximum Gasteiger partial charge on any atom is 0.386 e. The van der Waals surface area contributed by atoms with Gasteiger partial charge in [-0.05, 0) is 53.3 Å². The lowest BCUT2D eigenvalue weighted by Crippen LogP contribution is -2.34. The molecule has 0 aliphatic carbocycles. The summed E-state index contributed by atoms with van der Waals surface area (Å²) in [5.41, 5.74) is 15.4. The number of ether oxygens (including phenoxy) is 7. The Labute approximate surface area is 848 Å². The van der Waals surface area contributed by atoms with Crippen LogP contribution in [0.1, 0.15) is 123 Å². The van der Waals surface area contributed by atoms with Crippen LogP contribution in [0.25, 0.3) is 22.3 Å². The van der Waals surface area contributed by atoms with Crippen molar-refractivity contribution in [3.05, 3.63) is 176 Å². The van der Waals surface area contributed by atoms with E-state index < -0.39 is 291 Å². The van der Waals surface area contributed by atoms with Crippen molar-refractivity contribution in [2.45, 2.75) is 216 Å². The third-order valence-corrected chi connectivity index (χ3v) is 34.9. The molecule has 60 nitrogen and oxygen atoms in total. The molecule has 0 radical (unpaired) electrons. The van der Waals surface area contributed by atoms with Gasteiger partial charge in [0.2, 0.25) is 11.9 Å². The number of hydrogen-bond donors (Lipinski definition) is 11. The summed E-state index contributed by atoms with van der Waals surface area (Å²) in [7, 11) is 1.03. The summed E-state index contributed by atoms with van der Waals surface area (Å²) in [6, 6.07) is 0. The second-order valence-corrected chi connectivity index (χ2v) is 53.1. The van der Waals surface area contributed by atoms with Crippen molar-refractivity contribution in [3.8, 4) is 0 Å². The number of fused-ring (bicyclic) bond motifs is 2. The molecule has 0 bridgehead atoms. The molecule has 28 atom stereocenters. The van der Waals surface area contributed by atoms with Gasteiger partial charge in [0.05, 0.1) is 95.0 Å². The van der Waals surface area contributed by atoms with Crippen LogP contribution in [0.5, 0.6) is 0 Å². The summed E-state index contributed by atoms with van der Waals surface area (Å²) in [5, 5.41) is 0. The minimum atomic E-state index is -5.09. The molecular formula is C71H90N22O38P7S7-5. The summed E-state index contributed by atoms with van der Waals surface area (Å²) in [5.74, 6) is -0.779. The molecule has 0 saturated carbocycles. The molecule has 0 aromatic carbocycles. The Morgan fingerprint density at radius 3 is 1.00 bits per heavy atom. The number of thiol groups is 1. The standard InChI is InChI=1S/C71H95N22O38P7S7/c1-28-15-87(67(99)78-56(28)72)47-8-34(33(6)118-47)125-133(105,140)112-21-42-37(10-49(120-42)89-17-30(3)60(94)84-69(89)101)128-135(107,142)114-22-43-36(9-48(119-43)88-16-29(2)57(73)79-68(88)100)127-134(106,141)115-23-44-38(11-50(121-44)90-18-31(4)61(95)85-70(90)102)129-136(108,143)116-24-45-39(12-51(122-45)91-19-32(5)62(96)86-71(91)103)130-137(109,144)117-25-46-40(14-53(124-46)93-27-77-55-59(93)81-66(75)83-64(55)98)131-138(110,145)113-20-41-35(126-132(104,139)111-7)13-52(123-41)92-26-76-54-58(92)80-65(74)82-63(54)97/h15-19,26-27,33-53H,8-14,20-25H2,1-7H3,(H,104,139)(H,105,140)(H,106,141)(H,107,142)(H,108,143)(H,109,144)(H,110,145)(H2,72,78,99)(H2,73,79,100)(H,84,94,101)(H,85,95,102)(H,86,96,103)(H3,74,80,82,97)(H3,75,81,83,98)/p-5/t33-,34?,35?,36?,37?,38?,39?,40?,41-,42-,43-,44-,45-,46-,47-,48-,49-,50-,51-,52-,53-,132?,133?,134?,135?,136?,137?,138?/m1/s1. The number of nitrogen functional groups attached to an aromatic ring is 4. The Morgan fingerprint density at radius 1 is 0.379 bits per heavy atom. The van der Waals surface area contributed by atoms with Crippen molar-refractivity contribution in [2.75, 3.05) is 69.7 Å². The van der Waals surface area contributed by atoms with Crippen LogP contribution in [0.3, 0.4) is 0 Å². The molecule has 74 heteroatoms. The normalized spacial score (nSPS) is 29.5. The van der Waals surface area contributed by atoms with Crippen LogP contribution in [0.2, 0.25) is 0 Å². The molecule has 9 aromatic rings. The fourth-order valence-corrected chi connectivity index (χ4v) is 26.4. The summed E-state index contributed by atoms with van der Waals surface area (Å²) in [6.07, 6.45) is -23.2. The predicted octanol–water partition coefficient (Wildman–Crippen LogP) is -3.06. The molecule has 9 aromatic heterocycles. The molecule has 0 amide bonds. The van der Waals surface area contributed by atoms with Gasteiger partial charge in [-0.15, -0.1) is 0 Å². The van der Waals surface area contributed by atoms with Crippen LogP contribution < -0.4 is 104 Å². The molecule has 7 saturated heterocycles. The zero-order valence-corrected chi connectivity index (χ0v) is 88.1. The third-order valence-electron chi connectivity index (χ3n) is 23.7. The smallest absolute Gasteiger partial charge is 0.386 e. The van der Waals surface area contributed by atoms with Crippen LogP contribution in [0.4, 0.5) is 23.5 Å². The number of aryl methyl sites for hydroxylation is 5. The van der Waals surface area contributed by atoms with E-state index in [4.69, 9.17) is 190 Å². The van der Waals surface area contributed by atoms with Crippen molar-refractivity contribution in [2.24, 2.45) is 0 Å². The quantitative estimate of drug-likeness (QED) is 0.0134. The van der Waals surface area contributed by atoms with Gasteiger partial charge in [0.15, 0.2) is 22.3 Å². The number of nitrogens with one attached hydrogen (secondary N) is 5. The molecule has 0 spiro atoms. The Morgan fingerprint density at radius 2 is 0.655 bits per heavy atom. The monoisotopic (exact) mass is 2300 g/mol. The molecule has 7 fully saturated rings. The van der Waals surface area contributed by atoms with E-state index in [1.165, 1.54) is 66.3 Å². The molecule has 16 rings (SSSR count). The van der Waals surface area contributed by atoms with E-state index in [0.717, 1.165) is 44.1 Å². The number of anilines is 4. The van der Waals surface area contributed by atoms with Crippen molar-refractivity contribution in [1.82, 2.24) is 86.8 Å². The first-order chi connectivity index (χ1) is 68.0. The highest BCUT2D eigenvalue weighted by atomic mass is 32.7. The molecule has 14 unspecified atom stereocenters. The minimum Gasteiger partial charge on any atom is -0.780 e. The van der Waals surface area contributed by atoms with Crippen molar-refractivity contribution in [1.29, 1.82) is 0 Å². The number of rotatable bonds is 40. The zero-order valence-electron chi connectivity index (χ0n) is 76.1. The van der Waals surface area contributed by atoms with Gasteiger partial charge in [-0.1, -0.05) is 71.3 Å². The van der Waals surface area contributed by atoms with Crippen LogP contribution in [0.15, 0.2) is 91.6 Å². The number of aromatic nitrogens is 18. The minimum absolute atomic E-state index is 0.000307. The van der Waals surface area contributed by atoms with Crippen LogP contribution in [0, 0.1) is 34.6 Å². The Kier molecular flexibility index (Phi) is 33.6. The first-order valence-electron chi connectivity index (χ1n) is 43.1. The Hall–Kier alpha value is -6.90. The van der Waals surface area contributed by atoms with Crippen LogP contribution in [-0.2, 0) is 172 Å². The Bertz CT molecular complexity index is 7500. The predicted molar refractivity (Wildman–Crippen MR) is 515 cm³/mol. The molecule has 16 heterocycles. The third kappa shape index (κ3) is 26.2. The summed E-state index contributed by atoms with van der Waals surface area (Å²) in [4.78, 5) is 250. The van der Waals surface area contributed by atoms with E-state index in [9.17, 15) is 81.9 Å². The van der Waals surface area contributed by atoms with E-state index in [-0.39, 0.29) is 93.8 Å². The second kappa shape index (κ2) is 44.1.